The van der Waals surface area contributed by atoms with Gasteiger partial charge >= 0.3 is 5.97 Å². The lowest BCUT2D eigenvalue weighted by molar-refractivity contribution is -0.138. The van der Waals surface area contributed by atoms with Crippen molar-refractivity contribution >= 4 is 40.7 Å². The van der Waals surface area contributed by atoms with Crippen LogP contribution < -0.4 is 10.2 Å². The maximum atomic E-state index is 11.7. The van der Waals surface area contributed by atoms with Gasteiger partial charge in [0.2, 0.25) is 5.95 Å². The van der Waals surface area contributed by atoms with Crippen molar-refractivity contribution in [3.8, 4) is 0 Å². The minimum atomic E-state index is -0.833. The lowest BCUT2D eigenvalue weighted by Gasteiger charge is -2.32. The van der Waals surface area contributed by atoms with Gasteiger partial charge in [0, 0.05) is 42.3 Å². The number of ether oxygens (including phenoxy) is 1. The van der Waals surface area contributed by atoms with Crippen LogP contribution in [0.4, 0.5) is 23.1 Å². The van der Waals surface area contributed by atoms with Crippen LogP contribution in [0.25, 0.3) is 0 Å². The summed E-state index contributed by atoms with van der Waals surface area (Å²) in [6.45, 7) is 5.84. The number of nitrogens with one attached hydrogen (secondary N) is 1. The molecule has 0 spiro atoms. The molecule has 6 rings (SSSR count). The minimum Gasteiger partial charge on any atom is -0.481 e. The van der Waals surface area contributed by atoms with Crippen LogP contribution in [-0.4, -0.2) is 59.3 Å². The van der Waals surface area contributed by atoms with Crippen LogP contribution in [0.5, 0.6) is 0 Å². The third kappa shape index (κ3) is 4.43. The van der Waals surface area contributed by atoms with Crippen LogP contribution in [0.3, 0.4) is 0 Å². The predicted octanol–water partition coefficient (Wildman–Crippen LogP) is 4.86. The smallest absolute Gasteiger partial charge is 0.304 e. The zero-order valence-corrected chi connectivity index (χ0v) is 21.8. The zero-order valence-electron chi connectivity index (χ0n) is 21.0. The van der Waals surface area contributed by atoms with Gasteiger partial charge in [-0.25, -0.2) is 4.98 Å². The number of benzene rings is 2. The first kappa shape index (κ1) is 24.2. The summed E-state index contributed by atoms with van der Waals surface area (Å²) in [4.78, 5) is 25.4. The third-order valence-corrected chi connectivity index (χ3v) is 8.04. The first-order valence-corrected chi connectivity index (χ1v) is 13.0. The van der Waals surface area contributed by atoms with E-state index >= 15 is 0 Å². The van der Waals surface area contributed by atoms with E-state index in [1.165, 1.54) is 16.7 Å². The Balaban J connectivity index is 1.36. The predicted molar refractivity (Wildman–Crippen MR) is 143 cm³/mol. The van der Waals surface area contributed by atoms with Crippen molar-refractivity contribution in [2.45, 2.75) is 37.6 Å². The van der Waals surface area contributed by atoms with Gasteiger partial charge in [0.1, 0.15) is 5.02 Å². The highest BCUT2D eigenvalue weighted by Gasteiger charge is 2.42. The molecule has 8 nitrogen and oxygen atoms in total. The van der Waals surface area contributed by atoms with E-state index < -0.39 is 11.4 Å². The molecule has 192 valence electrons. The highest BCUT2D eigenvalue weighted by atomic mass is 35.5. The van der Waals surface area contributed by atoms with Crippen molar-refractivity contribution in [1.82, 2.24) is 14.9 Å². The number of para-hydroxylation sites is 1. The number of hydrogen-bond acceptors (Lipinski definition) is 7. The van der Waals surface area contributed by atoms with E-state index in [1.54, 1.807) is 6.20 Å². The molecular weight excluding hydrogens is 490 g/mol. The van der Waals surface area contributed by atoms with Crippen LogP contribution in [0.15, 0.2) is 42.6 Å². The molecule has 3 aliphatic rings. The van der Waals surface area contributed by atoms with Crippen molar-refractivity contribution in [2.75, 3.05) is 43.6 Å². The van der Waals surface area contributed by atoms with E-state index in [2.05, 4.69) is 34.4 Å². The highest BCUT2D eigenvalue weighted by molar-refractivity contribution is 6.33. The second-order valence-electron chi connectivity index (χ2n) is 10.7. The number of aliphatic carboxylic acids is 1. The lowest BCUT2D eigenvalue weighted by atomic mass is 9.81. The maximum Gasteiger partial charge on any atom is 0.304 e. The molecule has 1 atom stereocenters. The van der Waals surface area contributed by atoms with Gasteiger partial charge in [-0.1, -0.05) is 42.8 Å². The van der Waals surface area contributed by atoms with Gasteiger partial charge in [-0.15, -0.1) is 0 Å². The summed E-state index contributed by atoms with van der Waals surface area (Å²) < 4.78 is 5.51. The number of carboxylic acids is 1. The maximum absolute atomic E-state index is 11.7. The molecule has 37 heavy (non-hydrogen) atoms. The van der Waals surface area contributed by atoms with Crippen molar-refractivity contribution in [3.05, 3.63) is 69.9 Å². The van der Waals surface area contributed by atoms with E-state index in [4.69, 9.17) is 21.3 Å². The molecule has 3 aromatic rings. The molecule has 4 heterocycles. The fraction of sp³-hybridized carbons (Fsp3) is 0.393. The molecule has 2 N–H and O–H groups in total. The Hall–Kier alpha value is -3.20. The van der Waals surface area contributed by atoms with Crippen LogP contribution >= 0.6 is 11.6 Å². The quantitative estimate of drug-likeness (QED) is 0.477. The molecule has 3 aliphatic heterocycles. The summed E-state index contributed by atoms with van der Waals surface area (Å²) in [5.74, 6) is 0.531. The number of likely N-dealkylation sites (N-methyl/N-ethyl adjacent to an activating group) is 1. The van der Waals surface area contributed by atoms with E-state index in [1.807, 2.05) is 36.1 Å². The molecule has 0 amide bonds. The summed E-state index contributed by atoms with van der Waals surface area (Å²) in [5, 5.41) is 13.5. The van der Waals surface area contributed by atoms with Gasteiger partial charge in [0.05, 0.1) is 25.8 Å². The number of halogens is 1. The lowest BCUT2D eigenvalue weighted by Crippen LogP contribution is -2.31. The Labute approximate surface area is 221 Å². The molecule has 0 aliphatic carbocycles. The molecule has 1 saturated heterocycles. The molecule has 0 bridgehead atoms. The first-order valence-electron chi connectivity index (χ1n) is 12.6. The Morgan fingerprint density at radius 2 is 2.08 bits per heavy atom. The number of hydrogen-bond donors (Lipinski definition) is 2. The van der Waals surface area contributed by atoms with Gasteiger partial charge in [0.25, 0.3) is 0 Å². The Morgan fingerprint density at radius 1 is 1.27 bits per heavy atom. The van der Waals surface area contributed by atoms with Crippen molar-refractivity contribution in [1.29, 1.82) is 0 Å². The average Bonchev–Trinajstić information content (AvgIpc) is 3.11. The van der Waals surface area contributed by atoms with Gasteiger partial charge in [-0.3, -0.25) is 4.79 Å². The number of nitrogens with zero attached hydrogens (tertiary/aromatic N) is 4. The van der Waals surface area contributed by atoms with E-state index in [0.717, 1.165) is 36.4 Å². The summed E-state index contributed by atoms with van der Waals surface area (Å²) in [6, 6.07) is 12.4. The molecule has 0 radical (unpaired) electrons. The largest absolute Gasteiger partial charge is 0.481 e. The molecule has 0 saturated carbocycles. The Bertz CT molecular complexity index is 1380. The van der Waals surface area contributed by atoms with Crippen molar-refractivity contribution < 1.29 is 14.6 Å². The van der Waals surface area contributed by atoms with Gasteiger partial charge < -0.3 is 25.0 Å². The average molecular weight is 520 g/mol. The Kier molecular flexibility index (Phi) is 6.06. The monoisotopic (exact) mass is 519 g/mol. The second kappa shape index (κ2) is 9.28. The van der Waals surface area contributed by atoms with E-state index in [0.29, 0.717) is 42.5 Å². The molecule has 2 aromatic carbocycles. The fourth-order valence-electron chi connectivity index (χ4n) is 5.77. The second-order valence-corrected chi connectivity index (χ2v) is 11.1. The topological polar surface area (TPSA) is 90.8 Å². The SMILES string of the molecule is CN1CCc2cc(C3COC3)c(Nc3ncc(Cl)c(N4CC(C)(CC(=O)O)c5ccccc54)n3)cc2C1. The standard InChI is InChI=1S/C28H30ClN5O3/c1-28(11-25(35)36)16-34(24-6-4-3-5-21(24)28)26-22(29)12-30-27(32-26)31-23-10-18-13-33(2)8-7-17(18)9-20(23)19-14-37-15-19/h3-6,9-10,12,19H,7-8,11,13-16H2,1-2H3,(H,35,36)(H,30,31,32). The van der Waals surface area contributed by atoms with Crippen molar-refractivity contribution in [3.63, 3.8) is 0 Å². The number of rotatable bonds is 6. The zero-order chi connectivity index (χ0) is 25.7. The third-order valence-electron chi connectivity index (χ3n) is 7.77. The minimum absolute atomic E-state index is 0.0186. The summed E-state index contributed by atoms with van der Waals surface area (Å²) in [7, 11) is 2.14. The van der Waals surface area contributed by atoms with Crippen LogP contribution in [0, 0.1) is 0 Å². The summed E-state index contributed by atoms with van der Waals surface area (Å²) in [6.07, 6.45) is 2.67. The van der Waals surface area contributed by atoms with Gasteiger partial charge in [-0.2, -0.15) is 4.98 Å². The molecular formula is C28H30ClN5O3. The summed E-state index contributed by atoms with van der Waals surface area (Å²) >= 11 is 6.64. The van der Waals surface area contributed by atoms with Crippen molar-refractivity contribution in [2.24, 2.45) is 0 Å². The summed E-state index contributed by atoms with van der Waals surface area (Å²) in [5.41, 5.74) is 6.27. The van der Waals surface area contributed by atoms with Gasteiger partial charge in [0.15, 0.2) is 5.82 Å². The number of fused-ring (bicyclic) bond motifs is 2. The molecule has 9 heteroatoms. The first-order chi connectivity index (χ1) is 17.8. The number of carboxylic acid groups (broad SMARTS) is 1. The molecule has 1 unspecified atom stereocenters. The van der Waals surface area contributed by atoms with E-state index in [-0.39, 0.29) is 6.42 Å². The molecule has 1 fully saturated rings. The highest BCUT2D eigenvalue weighted by Crippen LogP contribution is 2.47. The van der Waals surface area contributed by atoms with Crippen LogP contribution in [-0.2, 0) is 27.9 Å². The Morgan fingerprint density at radius 3 is 2.84 bits per heavy atom. The van der Waals surface area contributed by atoms with Crippen LogP contribution in [0.2, 0.25) is 5.02 Å². The van der Waals surface area contributed by atoms with E-state index in [9.17, 15) is 9.90 Å². The number of carbonyl (C=O) groups is 1. The molecule has 1 aromatic heterocycles. The fourth-order valence-corrected chi connectivity index (χ4v) is 5.96. The van der Waals surface area contributed by atoms with Gasteiger partial charge in [-0.05, 0) is 47.9 Å². The number of aromatic nitrogens is 2. The van der Waals surface area contributed by atoms with Crippen LogP contribution in [0.1, 0.15) is 41.5 Å². The normalized spacial score (nSPS) is 21.3. The number of anilines is 4.